The predicted octanol–water partition coefficient (Wildman–Crippen LogP) is 2.96. The molecule has 1 aromatic carbocycles. The van der Waals surface area contributed by atoms with Crippen molar-refractivity contribution in [1.82, 2.24) is 15.2 Å². The van der Waals surface area contributed by atoms with Crippen LogP contribution in [0, 0.1) is 0 Å². The number of pyridine rings is 1. The van der Waals surface area contributed by atoms with Crippen molar-refractivity contribution < 1.29 is 32.5 Å². The fourth-order valence-electron chi connectivity index (χ4n) is 4.88. The predicted molar refractivity (Wildman–Crippen MR) is 126 cm³/mol. The van der Waals surface area contributed by atoms with Crippen LogP contribution in [0.2, 0.25) is 0 Å². The summed E-state index contributed by atoms with van der Waals surface area (Å²) in [6, 6.07) is 8.95. The number of nitrogens with zero attached hydrogens (tertiary/aromatic N) is 2. The van der Waals surface area contributed by atoms with E-state index in [1.807, 2.05) is 17.0 Å². The Balaban J connectivity index is 1.34. The second kappa shape index (κ2) is 12.1. The number of hydrogen-bond donors (Lipinski definition) is 2. The summed E-state index contributed by atoms with van der Waals surface area (Å²) in [4.78, 5) is 18.4. The number of ether oxygens (including phenoxy) is 2. The molecule has 1 aromatic heterocycles. The number of nitrogens with one attached hydrogen (secondary N) is 1. The number of rotatable bonds is 7. The molecule has 2 N–H and O–H groups in total. The van der Waals surface area contributed by atoms with Gasteiger partial charge < -0.3 is 19.9 Å². The molecular weight excluding hydrogens is 475 g/mol. The van der Waals surface area contributed by atoms with Crippen molar-refractivity contribution in [2.24, 2.45) is 0 Å². The number of β-amino-alcohol motifs (C(OH)–C–C–N with tert-alkyl or cyclic N) is 1. The van der Waals surface area contributed by atoms with Gasteiger partial charge in [0.15, 0.2) is 0 Å². The van der Waals surface area contributed by atoms with Crippen LogP contribution in [0.4, 0.5) is 13.2 Å². The molecule has 0 unspecified atom stereocenters. The van der Waals surface area contributed by atoms with Crippen LogP contribution in [0.5, 0.6) is 0 Å². The molecule has 4 rings (SSSR count). The molecule has 0 saturated carbocycles. The molecule has 2 fully saturated rings. The van der Waals surface area contributed by atoms with Crippen LogP contribution in [0.15, 0.2) is 48.8 Å². The first-order valence-corrected chi connectivity index (χ1v) is 12.2. The van der Waals surface area contributed by atoms with Crippen LogP contribution in [0.3, 0.4) is 0 Å². The Morgan fingerprint density at radius 1 is 1.14 bits per heavy atom. The van der Waals surface area contributed by atoms with E-state index >= 15 is 0 Å². The summed E-state index contributed by atoms with van der Waals surface area (Å²) in [7, 11) is 0. The summed E-state index contributed by atoms with van der Waals surface area (Å²) in [5.74, 6) is -0.0875. The molecule has 10 heteroatoms. The third-order valence-electron chi connectivity index (χ3n) is 6.63. The molecule has 2 saturated heterocycles. The normalized spacial score (nSPS) is 25.4. The van der Waals surface area contributed by atoms with Crippen molar-refractivity contribution in [3.63, 3.8) is 0 Å². The fraction of sp³-hybridized carbons (Fsp3) is 0.538. The Morgan fingerprint density at radius 3 is 2.72 bits per heavy atom. The number of aliphatic hydroxyl groups is 1. The van der Waals surface area contributed by atoms with E-state index < -0.39 is 17.8 Å². The Hall–Kier alpha value is -2.53. The van der Waals surface area contributed by atoms with Gasteiger partial charge in [0.25, 0.3) is 0 Å². The van der Waals surface area contributed by atoms with Crippen LogP contribution in [0.25, 0.3) is 0 Å². The molecular formula is C26H32F3N3O4. The van der Waals surface area contributed by atoms with Crippen molar-refractivity contribution in [2.45, 2.75) is 62.8 Å². The minimum Gasteiger partial charge on any atom is -0.389 e. The van der Waals surface area contributed by atoms with Gasteiger partial charge in [0, 0.05) is 38.1 Å². The summed E-state index contributed by atoms with van der Waals surface area (Å²) in [6.45, 7) is 1.41. The lowest BCUT2D eigenvalue weighted by molar-refractivity contribution is -0.158. The lowest BCUT2D eigenvalue weighted by Gasteiger charge is -2.44. The van der Waals surface area contributed by atoms with Gasteiger partial charge in [-0.25, -0.2) is 0 Å². The van der Waals surface area contributed by atoms with Crippen molar-refractivity contribution in [3.05, 3.63) is 65.5 Å². The zero-order valence-corrected chi connectivity index (χ0v) is 20.0. The molecule has 0 bridgehead atoms. The number of amides is 1. The molecule has 196 valence electrons. The van der Waals surface area contributed by atoms with Gasteiger partial charge in [-0.1, -0.05) is 18.2 Å². The number of alkyl halides is 3. The van der Waals surface area contributed by atoms with Gasteiger partial charge in [-0.2, -0.15) is 13.2 Å². The van der Waals surface area contributed by atoms with Crippen LogP contribution in [-0.2, 0) is 33.4 Å². The van der Waals surface area contributed by atoms with Gasteiger partial charge in [-0.3, -0.25) is 14.7 Å². The van der Waals surface area contributed by atoms with Crippen molar-refractivity contribution in [2.75, 3.05) is 26.3 Å². The highest BCUT2D eigenvalue weighted by Gasteiger charge is 2.38. The summed E-state index contributed by atoms with van der Waals surface area (Å²) < 4.78 is 51.4. The molecule has 2 aliphatic heterocycles. The van der Waals surface area contributed by atoms with Gasteiger partial charge in [0.2, 0.25) is 5.91 Å². The maximum atomic E-state index is 13.2. The highest BCUT2D eigenvalue weighted by atomic mass is 19.4. The lowest BCUT2D eigenvalue weighted by Crippen LogP contribution is -2.55. The molecule has 0 radical (unpaired) electrons. The monoisotopic (exact) mass is 507 g/mol. The molecule has 3 heterocycles. The molecule has 36 heavy (non-hydrogen) atoms. The molecule has 4 atom stereocenters. The molecule has 0 aliphatic carbocycles. The van der Waals surface area contributed by atoms with Crippen LogP contribution < -0.4 is 5.32 Å². The van der Waals surface area contributed by atoms with Gasteiger partial charge in [0.05, 0.1) is 43.5 Å². The Bertz CT molecular complexity index is 992. The number of benzene rings is 1. The maximum absolute atomic E-state index is 13.2. The summed E-state index contributed by atoms with van der Waals surface area (Å²) >= 11 is 0. The number of carbonyl (C=O) groups is 1. The van der Waals surface area contributed by atoms with Crippen molar-refractivity contribution in [3.8, 4) is 0 Å². The quantitative estimate of drug-likeness (QED) is 0.600. The third kappa shape index (κ3) is 7.49. The summed E-state index contributed by atoms with van der Waals surface area (Å²) in [5, 5.41) is 13.3. The second-order valence-corrected chi connectivity index (χ2v) is 9.42. The highest BCUT2D eigenvalue weighted by Crippen LogP contribution is 2.32. The van der Waals surface area contributed by atoms with Crippen LogP contribution >= 0.6 is 0 Å². The number of fused-ring (bicyclic) bond motifs is 1. The van der Waals surface area contributed by atoms with Crippen LogP contribution in [0.1, 0.15) is 36.0 Å². The van der Waals surface area contributed by atoms with E-state index in [9.17, 15) is 23.1 Å². The van der Waals surface area contributed by atoms with Crippen molar-refractivity contribution in [1.29, 1.82) is 0 Å². The average Bonchev–Trinajstić information content (AvgIpc) is 2.83. The number of aromatic nitrogens is 1. The number of aliphatic hydroxyl groups excluding tert-OH is 1. The molecule has 1 amide bonds. The number of carbonyl (C=O) groups excluding carboxylic acids is 1. The largest absolute Gasteiger partial charge is 0.416 e. The lowest BCUT2D eigenvalue weighted by atomic mass is 9.94. The summed E-state index contributed by atoms with van der Waals surface area (Å²) in [5.41, 5.74) is 0.923. The molecule has 0 spiro atoms. The zero-order valence-electron chi connectivity index (χ0n) is 20.0. The van der Waals surface area contributed by atoms with Gasteiger partial charge in [-0.15, -0.1) is 0 Å². The van der Waals surface area contributed by atoms with E-state index in [2.05, 4.69) is 10.3 Å². The van der Waals surface area contributed by atoms with Crippen LogP contribution in [-0.4, -0.2) is 71.6 Å². The fourth-order valence-corrected chi connectivity index (χ4v) is 4.88. The SMILES string of the molecule is O=C(C[C@H]1CC[C@H]2[C@@H](COC[C@H](O)CN2Cc2cccc(C(F)(F)F)c2)O1)NCCc1ccncc1. The van der Waals surface area contributed by atoms with Gasteiger partial charge in [-0.05, 0) is 48.6 Å². The Labute approximate surface area is 208 Å². The third-order valence-corrected chi connectivity index (χ3v) is 6.63. The average molecular weight is 508 g/mol. The zero-order chi connectivity index (χ0) is 25.5. The number of hydrogen-bond acceptors (Lipinski definition) is 6. The smallest absolute Gasteiger partial charge is 0.389 e. The first-order valence-electron chi connectivity index (χ1n) is 12.2. The van der Waals surface area contributed by atoms with E-state index in [1.54, 1.807) is 18.5 Å². The summed E-state index contributed by atoms with van der Waals surface area (Å²) in [6.07, 6.45) is -0.0692. The second-order valence-electron chi connectivity index (χ2n) is 9.42. The first kappa shape index (κ1) is 26.5. The van der Waals surface area contributed by atoms with Gasteiger partial charge >= 0.3 is 6.18 Å². The topological polar surface area (TPSA) is 83.9 Å². The minimum absolute atomic E-state index is 0.0875. The van der Waals surface area contributed by atoms with E-state index in [-0.39, 0.29) is 56.9 Å². The molecule has 2 aromatic rings. The maximum Gasteiger partial charge on any atom is 0.416 e. The van der Waals surface area contributed by atoms with E-state index in [1.165, 1.54) is 6.07 Å². The van der Waals surface area contributed by atoms with E-state index in [4.69, 9.17) is 9.47 Å². The van der Waals surface area contributed by atoms with E-state index in [0.717, 1.165) is 17.7 Å². The van der Waals surface area contributed by atoms with Gasteiger partial charge in [0.1, 0.15) is 0 Å². The minimum atomic E-state index is -4.41. The Morgan fingerprint density at radius 2 is 1.94 bits per heavy atom. The highest BCUT2D eigenvalue weighted by molar-refractivity contribution is 5.76. The standard InChI is InChI=1S/C26H32F3N3O4/c27-26(28,29)20-3-1-2-19(12-20)14-32-15-21(33)16-35-17-24-23(32)5-4-22(36-24)13-25(34)31-11-8-18-6-9-30-10-7-18/h1-3,6-7,9-10,12,21-24,33H,4-5,8,11,13-17H2,(H,31,34)/t21-,22-,23+,24-/m1/s1. The van der Waals surface area contributed by atoms with Crippen molar-refractivity contribution >= 4 is 5.91 Å². The molecule has 2 aliphatic rings. The Kier molecular flexibility index (Phi) is 8.95. The molecule has 7 nitrogen and oxygen atoms in total. The first-order chi connectivity index (χ1) is 17.3. The number of halogens is 3. The van der Waals surface area contributed by atoms with E-state index in [0.29, 0.717) is 31.4 Å².